The molecule has 2 aromatic rings. The minimum atomic E-state index is -3.53. The van der Waals surface area contributed by atoms with Crippen molar-refractivity contribution in [2.24, 2.45) is 0 Å². The van der Waals surface area contributed by atoms with Crippen LogP contribution in [0, 0.1) is 0 Å². The highest BCUT2D eigenvalue weighted by Crippen LogP contribution is 2.42. The molecule has 2 saturated heterocycles. The van der Waals surface area contributed by atoms with Gasteiger partial charge in [-0.2, -0.15) is 4.31 Å². The molecule has 3 atom stereocenters. The fourth-order valence-electron chi connectivity index (χ4n) is 4.89. The number of hydrogen-bond acceptors (Lipinski definition) is 4. The highest BCUT2D eigenvalue weighted by molar-refractivity contribution is 7.89. The molecule has 1 N–H and O–H groups in total. The lowest BCUT2D eigenvalue weighted by molar-refractivity contribution is -0.0553. The summed E-state index contributed by atoms with van der Waals surface area (Å²) in [6.45, 7) is 3.98. The number of aliphatic hydroxyl groups is 1. The van der Waals surface area contributed by atoms with Crippen molar-refractivity contribution in [1.29, 1.82) is 0 Å². The van der Waals surface area contributed by atoms with Crippen molar-refractivity contribution in [1.82, 2.24) is 9.21 Å². The Morgan fingerprint density at radius 3 is 2.40 bits per heavy atom. The van der Waals surface area contributed by atoms with Gasteiger partial charge in [0.25, 0.3) is 0 Å². The molecule has 0 radical (unpaired) electrons. The van der Waals surface area contributed by atoms with E-state index < -0.39 is 10.0 Å². The third-order valence-electron chi connectivity index (χ3n) is 6.39. The molecule has 2 heterocycles. The SMILES string of the molecule is C/C=C/c1ccc([C@@H]2[C@@H](CO)N3CCCCN(S(=O)(=O)c4ccccc4)C[C@@H]23)cc1. The minimum Gasteiger partial charge on any atom is -0.395 e. The van der Waals surface area contributed by atoms with Crippen molar-refractivity contribution >= 4 is 16.1 Å². The van der Waals surface area contributed by atoms with Crippen LogP contribution in [0.15, 0.2) is 65.6 Å². The third-order valence-corrected chi connectivity index (χ3v) is 8.27. The number of allylic oxidation sites excluding steroid dienone is 1. The topological polar surface area (TPSA) is 60.9 Å². The van der Waals surface area contributed by atoms with Crippen LogP contribution in [0.5, 0.6) is 0 Å². The van der Waals surface area contributed by atoms with E-state index in [4.69, 9.17) is 0 Å². The van der Waals surface area contributed by atoms with Gasteiger partial charge in [-0.15, -0.1) is 0 Å². The molecule has 4 rings (SSSR count). The van der Waals surface area contributed by atoms with Gasteiger partial charge in [0.2, 0.25) is 10.0 Å². The van der Waals surface area contributed by atoms with Crippen LogP contribution in [0.3, 0.4) is 0 Å². The molecule has 0 spiro atoms. The number of fused-ring (bicyclic) bond motifs is 1. The van der Waals surface area contributed by atoms with Crippen molar-refractivity contribution < 1.29 is 13.5 Å². The molecule has 0 aliphatic carbocycles. The Hall–Kier alpha value is -1.99. The first-order chi connectivity index (χ1) is 14.6. The number of sulfonamides is 1. The maximum absolute atomic E-state index is 13.3. The minimum absolute atomic E-state index is 0.0435. The highest BCUT2D eigenvalue weighted by atomic mass is 32.2. The van der Waals surface area contributed by atoms with Crippen LogP contribution in [-0.2, 0) is 10.0 Å². The van der Waals surface area contributed by atoms with E-state index in [0.717, 1.165) is 24.9 Å². The van der Waals surface area contributed by atoms with Gasteiger partial charge in [0.15, 0.2) is 0 Å². The van der Waals surface area contributed by atoms with E-state index in [1.54, 1.807) is 28.6 Å². The Kier molecular flexibility index (Phi) is 6.39. The Labute approximate surface area is 179 Å². The summed E-state index contributed by atoms with van der Waals surface area (Å²) in [6.07, 6.45) is 5.83. The van der Waals surface area contributed by atoms with Gasteiger partial charge >= 0.3 is 0 Å². The molecule has 0 unspecified atom stereocenters. The van der Waals surface area contributed by atoms with Gasteiger partial charge < -0.3 is 5.11 Å². The van der Waals surface area contributed by atoms with Gasteiger partial charge in [-0.05, 0) is 49.6 Å². The Morgan fingerprint density at radius 2 is 1.73 bits per heavy atom. The first-order valence-corrected chi connectivity index (χ1v) is 12.1. The van der Waals surface area contributed by atoms with Gasteiger partial charge in [-0.3, -0.25) is 4.90 Å². The zero-order chi connectivity index (χ0) is 21.1. The van der Waals surface area contributed by atoms with E-state index in [0.29, 0.717) is 18.0 Å². The van der Waals surface area contributed by atoms with Crippen LogP contribution in [0.1, 0.15) is 36.8 Å². The van der Waals surface area contributed by atoms with E-state index in [-0.39, 0.29) is 24.6 Å². The summed E-state index contributed by atoms with van der Waals surface area (Å²) >= 11 is 0. The summed E-state index contributed by atoms with van der Waals surface area (Å²) < 4.78 is 28.2. The summed E-state index contributed by atoms with van der Waals surface area (Å²) in [7, 11) is -3.53. The number of nitrogens with zero attached hydrogens (tertiary/aromatic N) is 2. The maximum atomic E-state index is 13.3. The second-order valence-electron chi connectivity index (χ2n) is 8.13. The normalized spacial score (nSPS) is 26.0. The highest BCUT2D eigenvalue weighted by Gasteiger charge is 2.50. The van der Waals surface area contributed by atoms with E-state index in [1.165, 1.54) is 5.56 Å². The second kappa shape index (κ2) is 9.02. The molecule has 2 aliphatic heterocycles. The first-order valence-electron chi connectivity index (χ1n) is 10.7. The number of rotatable bonds is 5. The van der Waals surface area contributed by atoms with Crippen LogP contribution in [-0.4, -0.2) is 61.1 Å². The maximum Gasteiger partial charge on any atom is 0.243 e. The van der Waals surface area contributed by atoms with E-state index >= 15 is 0 Å². The lowest BCUT2D eigenvalue weighted by Gasteiger charge is -2.57. The van der Waals surface area contributed by atoms with Gasteiger partial charge in [0.1, 0.15) is 0 Å². The molecule has 30 heavy (non-hydrogen) atoms. The molecule has 2 aromatic carbocycles. The zero-order valence-electron chi connectivity index (χ0n) is 17.4. The average Bonchev–Trinajstić information content (AvgIpc) is 2.74. The summed E-state index contributed by atoms with van der Waals surface area (Å²) in [6, 6.07) is 17.2. The second-order valence-corrected chi connectivity index (χ2v) is 10.1. The molecule has 0 bridgehead atoms. The smallest absolute Gasteiger partial charge is 0.243 e. The molecule has 2 fully saturated rings. The molecule has 5 nitrogen and oxygen atoms in total. The van der Waals surface area contributed by atoms with Crippen molar-refractivity contribution in [3.63, 3.8) is 0 Å². The number of benzene rings is 2. The van der Waals surface area contributed by atoms with Crippen LogP contribution in [0.4, 0.5) is 0 Å². The van der Waals surface area contributed by atoms with Crippen LogP contribution >= 0.6 is 0 Å². The number of aliphatic hydroxyl groups excluding tert-OH is 1. The average molecular weight is 427 g/mol. The van der Waals surface area contributed by atoms with Gasteiger partial charge in [-0.1, -0.05) is 54.6 Å². The number of hydrogen-bond donors (Lipinski definition) is 1. The van der Waals surface area contributed by atoms with Crippen molar-refractivity contribution in [3.05, 3.63) is 71.8 Å². The molecule has 0 aromatic heterocycles. The largest absolute Gasteiger partial charge is 0.395 e. The molecule has 2 aliphatic rings. The van der Waals surface area contributed by atoms with E-state index in [1.807, 2.05) is 19.1 Å². The molecular formula is C24H30N2O3S. The Bertz CT molecular complexity index is 973. The monoisotopic (exact) mass is 426 g/mol. The predicted molar refractivity (Wildman–Crippen MR) is 120 cm³/mol. The van der Waals surface area contributed by atoms with Crippen LogP contribution < -0.4 is 0 Å². The summed E-state index contributed by atoms with van der Waals surface area (Å²) in [5.41, 5.74) is 2.31. The van der Waals surface area contributed by atoms with E-state index in [2.05, 4.69) is 35.2 Å². The molecule has 0 amide bonds. The standard InChI is InChI=1S/C24H30N2O3S/c1-2-8-19-11-13-20(14-12-19)24-22-17-25(15-6-7-16-26(22)23(24)18-27)30(28,29)21-9-4-3-5-10-21/h2-5,8-14,22-24,27H,6-7,15-18H2,1H3/b8-2+/t22-,23+,24-/m0/s1. The van der Waals surface area contributed by atoms with Crippen LogP contribution in [0.25, 0.3) is 6.08 Å². The Morgan fingerprint density at radius 1 is 1.03 bits per heavy atom. The molecule has 160 valence electrons. The Balaban J connectivity index is 1.62. The van der Waals surface area contributed by atoms with Crippen molar-refractivity contribution in [2.75, 3.05) is 26.2 Å². The summed E-state index contributed by atoms with van der Waals surface area (Å²) in [5.74, 6) is 0.126. The molecule has 0 saturated carbocycles. The quantitative estimate of drug-likeness (QED) is 0.797. The van der Waals surface area contributed by atoms with Gasteiger partial charge in [0, 0.05) is 31.1 Å². The zero-order valence-corrected chi connectivity index (χ0v) is 18.2. The fourth-order valence-corrected chi connectivity index (χ4v) is 6.41. The van der Waals surface area contributed by atoms with E-state index in [9.17, 15) is 13.5 Å². The summed E-state index contributed by atoms with van der Waals surface area (Å²) in [5, 5.41) is 10.1. The van der Waals surface area contributed by atoms with Crippen molar-refractivity contribution in [3.8, 4) is 0 Å². The lowest BCUT2D eigenvalue weighted by Crippen LogP contribution is -2.67. The van der Waals surface area contributed by atoms with Gasteiger partial charge in [-0.25, -0.2) is 8.42 Å². The predicted octanol–water partition coefficient (Wildman–Crippen LogP) is 3.33. The molecular weight excluding hydrogens is 396 g/mol. The van der Waals surface area contributed by atoms with Crippen LogP contribution in [0.2, 0.25) is 0 Å². The summed E-state index contributed by atoms with van der Waals surface area (Å²) in [4.78, 5) is 2.65. The fraction of sp³-hybridized carbons (Fsp3) is 0.417. The van der Waals surface area contributed by atoms with Crippen molar-refractivity contribution in [2.45, 2.75) is 42.7 Å². The van der Waals surface area contributed by atoms with Gasteiger partial charge in [0.05, 0.1) is 11.5 Å². The lowest BCUT2D eigenvalue weighted by atomic mass is 9.74. The third kappa shape index (κ3) is 3.97. The first kappa shape index (κ1) is 21.2. The molecule has 6 heteroatoms.